The summed E-state index contributed by atoms with van der Waals surface area (Å²) in [7, 11) is 1.44. The van der Waals surface area contributed by atoms with Gasteiger partial charge in [0, 0.05) is 25.5 Å². The molecule has 0 amide bonds. The van der Waals surface area contributed by atoms with Crippen molar-refractivity contribution in [2.75, 3.05) is 25.1 Å². The van der Waals surface area contributed by atoms with Gasteiger partial charge < -0.3 is 9.64 Å². The summed E-state index contributed by atoms with van der Waals surface area (Å²) in [5.41, 5.74) is 0.901. The molecule has 0 spiro atoms. The van der Waals surface area contributed by atoms with E-state index in [1.54, 1.807) is 12.4 Å². The molecule has 1 aromatic rings. The number of carbonyl (C=O) groups excluding carboxylic acids is 1. The molecule has 1 atom stereocenters. The molecule has 0 N–H and O–H groups in total. The molecule has 2 heterocycles. The molecule has 0 radical (unpaired) electrons. The highest BCUT2D eigenvalue weighted by Gasteiger charge is 2.27. The van der Waals surface area contributed by atoms with Crippen LogP contribution in [0.5, 0.6) is 0 Å². The monoisotopic (exact) mass is 235 g/mol. The summed E-state index contributed by atoms with van der Waals surface area (Å²) < 4.78 is 4.80. The van der Waals surface area contributed by atoms with Crippen LogP contribution in [0.1, 0.15) is 18.5 Å². The number of esters is 1. The Balaban J connectivity index is 2.12. The predicted octanol–water partition coefficient (Wildman–Crippen LogP) is 1.17. The Hall–Kier alpha value is -1.65. The molecule has 17 heavy (non-hydrogen) atoms. The highest BCUT2D eigenvalue weighted by Crippen LogP contribution is 2.23. The van der Waals surface area contributed by atoms with E-state index in [-0.39, 0.29) is 11.9 Å². The van der Waals surface area contributed by atoms with Gasteiger partial charge in [0.2, 0.25) is 0 Å². The number of aryl methyl sites for hydroxylation is 1. The number of methoxy groups -OCH3 is 1. The van der Waals surface area contributed by atoms with E-state index in [2.05, 4.69) is 14.9 Å². The van der Waals surface area contributed by atoms with Gasteiger partial charge in [0.05, 0.1) is 18.7 Å². The van der Waals surface area contributed by atoms with Crippen molar-refractivity contribution in [3.8, 4) is 0 Å². The molecule has 1 aromatic heterocycles. The van der Waals surface area contributed by atoms with Crippen molar-refractivity contribution in [1.29, 1.82) is 0 Å². The summed E-state index contributed by atoms with van der Waals surface area (Å²) in [5, 5.41) is 0. The van der Waals surface area contributed by atoms with Crippen LogP contribution < -0.4 is 4.90 Å². The van der Waals surface area contributed by atoms with Crippen molar-refractivity contribution in [3.63, 3.8) is 0 Å². The maximum Gasteiger partial charge on any atom is 0.310 e. The molecule has 1 fully saturated rings. The van der Waals surface area contributed by atoms with Gasteiger partial charge in [-0.3, -0.25) is 9.78 Å². The Kier molecular flexibility index (Phi) is 3.56. The second kappa shape index (κ2) is 5.12. The first-order chi connectivity index (χ1) is 8.22. The maximum atomic E-state index is 11.5. The zero-order valence-electron chi connectivity index (χ0n) is 10.2. The van der Waals surface area contributed by atoms with E-state index >= 15 is 0 Å². The van der Waals surface area contributed by atoms with Gasteiger partial charge in [0.25, 0.3) is 0 Å². The number of hydrogen-bond donors (Lipinski definition) is 0. The first-order valence-corrected chi connectivity index (χ1v) is 5.82. The second-order valence-electron chi connectivity index (χ2n) is 4.27. The molecule has 5 nitrogen and oxygen atoms in total. The van der Waals surface area contributed by atoms with Crippen LogP contribution in [0.15, 0.2) is 12.4 Å². The SMILES string of the molecule is COC(=O)C1CCCN(c2nccnc2C)C1. The van der Waals surface area contributed by atoms with Crippen LogP contribution >= 0.6 is 0 Å². The molecular weight excluding hydrogens is 218 g/mol. The standard InChI is InChI=1S/C12H17N3O2/c1-9-11(14-6-5-13-9)15-7-3-4-10(8-15)12(16)17-2/h5-6,10H,3-4,7-8H2,1-2H3. The zero-order chi connectivity index (χ0) is 12.3. The fraction of sp³-hybridized carbons (Fsp3) is 0.583. The number of carbonyl (C=O) groups is 1. The third kappa shape index (κ3) is 2.54. The molecule has 5 heteroatoms. The average molecular weight is 235 g/mol. The number of nitrogens with zero attached hydrogens (tertiary/aromatic N) is 3. The molecule has 0 aromatic carbocycles. The van der Waals surface area contributed by atoms with Crippen molar-refractivity contribution in [2.45, 2.75) is 19.8 Å². The number of hydrogen-bond acceptors (Lipinski definition) is 5. The van der Waals surface area contributed by atoms with Crippen LogP contribution in [0, 0.1) is 12.8 Å². The Labute approximate surface area is 101 Å². The van der Waals surface area contributed by atoms with Gasteiger partial charge in [-0.05, 0) is 19.8 Å². The van der Waals surface area contributed by atoms with E-state index in [0.717, 1.165) is 30.9 Å². The third-order valence-electron chi connectivity index (χ3n) is 3.11. The smallest absolute Gasteiger partial charge is 0.310 e. The molecule has 0 aliphatic carbocycles. The summed E-state index contributed by atoms with van der Waals surface area (Å²) in [6.45, 7) is 3.53. The van der Waals surface area contributed by atoms with E-state index in [0.29, 0.717) is 6.54 Å². The summed E-state index contributed by atoms with van der Waals surface area (Å²) in [6.07, 6.45) is 5.24. The fourth-order valence-corrected chi connectivity index (χ4v) is 2.24. The molecule has 1 aliphatic heterocycles. The van der Waals surface area contributed by atoms with E-state index in [1.165, 1.54) is 7.11 Å². The van der Waals surface area contributed by atoms with Gasteiger partial charge >= 0.3 is 5.97 Å². The summed E-state index contributed by atoms with van der Waals surface area (Å²) in [6, 6.07) is 0. The van der Waals surface area contributed by atoms with Crippen molar-refractivity contribution in [2.24, 2.45) is 5.92 Å². The van der Waals surface area contributed by atoms with Crippen LogP contribution in [0.25, 0.3) is 0 Å². The lowest BCUT2D eigenvalue weighted by Crippen LogP contribution is -2.40. The Morgan fingerprint density at radius 3 is 2.94 bits per heavy atom. The average Bonchev–Trinajstić information content (AvgIpc) is 2.38. The Morgan fingerprint density at radius 2 is 2.24 bits per heavy atom. The fourth-order valence-electron chi connectivity index (χ4n) is 2.24. The largest absolute Gasteiger partial charge is 0.469 e. The lowest BCUT2D eigenvalue weighted by Gasteiger charge is -2.32. The number of ether oxygens (including phenoxy) is 1. The third-order valence-corrected chi connectivity index (χ3v) is 3.11. The Bertz CT molecular complexity index is 408. The first kappa shape index (κ1) is 11.8. The Morgan fingerprint density at radius 1 is 1.47 bits per heavy atom. The molecule has 1 aliphatic rings. The van der Waals surface area contributed by atoms with Gasteiger partial charge in [-0.25, -0.2) is 4.98 Å². The molecule has 1 saturated heterocycles. The van der Waals surface area contributed by atoms with Crippen LogP contribution in [-0.4, -0.2) is 36.1 Å². The molecule has 92 valence electrons. The minimum atomic E-state index is -0.128. The highest BCUT2D eigenvalue weighted by molar-refractivity contribution is 5.73. The minimum Gasteiger partial charge on any atom is -0.469 e. The summed E-state index contributed by atoms with van der Waals surface area (Å²) in [5.74, 6) is 0.701. The summed E-state index contributed by atoms with van der Waals surface area (Å²) >= 11 is 0. The lowest BCUT2D eigenvalue weighted by molar-refractivity contribution is -0.145. The van der Waals surface area contributed by atoms with E-state index in [9.17, 15) is 4.79 Å². The van der Waals surface area contributed by atoms with Gasteiger partial charge in [-0.15, -0.1) is 0 Å². The van der Waals surface area contributed by atoms with E-state index < -0.39 is 0 Å². The molecule has 1 unspecified atom stereocenters. The number of rotatable bonds is 2. The molecule has 0 saturated carbocycles. The number of anilines is 1. The highest BCUT2D eigenvalue weighted by atomic mass is 16.5. The normalized spacial score (nSPS) is 20.1. The van der Waals surface area contributed by atoms with Crippen LogP contribution in [-0.2, 0) is 9.53 Å². The number of aromatic nitrogens is 2. The van der Waals surface area contributed by atoms with E-state index in [1.807, 2.05) is 6.92 Å². The second-order valence-corrected chi connectivity index (χ2v) is 4.27. The zero-order valence-corrected chi connectivity index (χ0v) is 10.2. The van der Waals surface area contributed by atoms with Gasteiger partial charge in [0.15, 0.2) is 0 Å². The van der Waals surface area contributed by atoms with Crippen LogP contribution in [0.3, 0.4) is 0 Å². The van der Waals surface area contributed by atoms with Gasteiger partial charge in [-0.2, -0.15) is 0 Å². The maximum absolute atomic E-state index is 11.5. The van der Waals surface area contributed by atoms with Crippen molar-refractivity contribution in [1.82, 2.24) is 9.97 Å². The quantitative estimate of drug-likeness (QED) is 0.720. The van der Waals surface area contributed by atoms with Crippen molar-refractivity contribution < 1.29 is 9.53 Å². The topological polar surface area (TPSA) is 55.3 Å². The molecular formula is C12H17N3O2. The van der Waals surface area contributed by atoms with Crippen molar-refractivity contribution >= 4 is 11.8 Å². The van der Waals surface area contributed by atoms with Gasteiger partial charge in [0.1, 0.15) is 5.82 Å². The van der Waals surface area contributed by atoms with E-state index in [4.69, 9.17) is 4.74 Å². The number of piperidine rings is 1. The van der Waals surface area contributed by atoms with Crippen LogP contribution in [0.4, 0.5) is 5.82 Å². The molecule has 0 bridgehead atoms. The summed E-state index contributed by atoms with van der Waals surface area (Å²) in [4.78, 5) is 22.2. The predicted molar refractivity (Wildman–Crippen MR) is 63.7 cm³/mol. The van der Waals surface area contributed by atoms with Crippen LogP contribution in [0.2, 0.25) is 0 Å². The van der Waals surface area contributed by atoms with Gasteiger partial charge in [-0.1, -0.05) is 0 Å². The first-order valence-electron chi connectivity index (χ1n) is 5.82. The lowest BCUT2D eigenvalue weighted by atomic mass is 9.98. The minimum absolute atomic E-state index is 0.0462. The molecule has 2 rings (SSSR count). The van der Waals surface area contributed by atoms with Crippen molar-refractivity contribution in [3.05, 3.63) is 18.1 Å².